The Kier molecular flexibility index (Phi) is 3.18. The van der Waals surface area contributed by atoms with Crippen LogP contribution in [0.15, 0.2) is 23.3 Å². The van der Waals surface area contributed by atoms with E-state index in [0.717, 1.165) is 17.8 Å². The summed E-state index contributed by atoms with van der Waals surface area (Å²) in [7, 11) is 0. The minimum absolute atomic E-state index is 0.522. The Bertz CT molecular complexity index is 496. The molecule has 4 rings (SSSR count). The smallest absolute Gasteiger partial charge is 0.00476 e. The van der Waals surface area contributed by atoms with Crippen molar-refractivity contribution in [3.63, 3.8) is 0 Å². The molecule has 5 atom stereocenters. The van der Waals surface area contributed by atoms with Gasteiger partial charge in [0.15, 0.2) is 0 Å². The molecule has 0 nitrogen and oxygen atoms in total. The van der Waals surface area contributed by atoms with E-state index in [-0.39, 0.29) is 0 Å². The van der Waals surface area contributed by atoms with Gasteiger partial charge in [-0.1, -0.05) is 56.9 Å². The van der Waals surface area contributed by atoms with Gasteiger partial charge in [0.2, 0.25) is 0 Å². The quantitative estimate of drug-likeness (QED) is 0.531. The lowest BCUT2D eigenvalue weighted by atomic mass is 9.50. The molecule has 0 amide bonds. The van der Waals surface area contributed by atoms with Crippen LogP contribution in [0, 0.1) is 28.6 Å². The topological polar surface area (TPSA) is 0 Å². The van der Waals surface area contributed by atoms with E-state index in [0.29, 0.717) is 10.8 Å². The first-order valence-electron chi connectivity index (χ1n) is 9.50. The second-order valence-corrected chi connectivity index (χ2v) is 8.82. The van der Waals surface area contributed by atoms with Crippen LogP contribution >= 0.6 is 0 Å². The first-order chi connectivity index (χ1) is 10.1. The van der Waals surface area contributed by atoms with Gasteiger partial charge in [-0.05, 0) is 73.5 Å². The van der Waals surface area contributed by atoms with Gasteiger partial charge < -0.3 is 0 Å². The van der Waals surface area contributed by atoms with Gasteiger partial charge in [-0.2, -0.15) is 0 Å². The van der Waals surface area contributed by atoms with E-state index < -0.39 is 0 Å². The largest absolute Gasteiger partial charge is 0.0651 e. The first-order valence-corrected chi connectivity index (χ1v) is 9.50. The Labute approximate surface area is 131 Å². The van der Waals surface area contributed by atoms with Gasteiger partial charge in [0.1, 0.15) is 0 Å². The van der Waals surface area contributed by atoms with Gasteiger partial charge in [-0.3, -0.25) is 0 Å². The Morgan fingerprint density at radius 2 is 1.86 bits per heavy atom. The summed E-state index contributed by atoms with van der Waals surface area (Å²) in [6, 6.07) is 0. The fourth-order valence-electron chi connectivity index (χ4n) is 6.81. The summed E-state index contributed by atoms with van der Waals surface area (Å²) in [6.45, 7) is 7.64. The predicted octanol–water partition coefficient (Wildman–Crippen LogP) is 6.29. The van der Waals surface area contributed by atoms with Crippen LogP contribution in [0.2, 0.25) is 0 Å². The molecule has 0 aromatic carbocycles. The molecule has 21 heavy (non-hydrogen) atoms. The lowest BCUT2D eigenvalue weighted by molar-refractivity contribution is 0.0681. The molecule has 0 heteroatoms. The molecule has 0 saturated heterocycles. The summed E-state index contributed by atoms with van der Waals surface area (Å²) in [5, 5.41) is 0. The standard InChI is InChI=1S/C21H32/c1-4-15-9-11-18-17-10-8-16-7-5-6-13-20(16,2)19(17)12-14-21(15,18)3/h8,10,15,18-19H,4-7,9,11-14H2,1-3H3/t15-,18-,19-,20+,21+/m0/s1. The maximum Gasteiger partial charge on any atom is -0.00476 e. The zero-order valence-electron chi connectivity index (χ0n) is 14.3. The molecule has 3 fully saturated rings. The van der Waals surface area contributed by atoms with Gasteiger partial charge >= 0.3 is 0 Å². The van der Waals surface area contributed by atoms with Crippen LogP contribution in [0.25, 0.3) is 0 Å². The average molecular weight is 284 g/mol. The van der Waals surface area contributed by atoms with Crippen LogP contribution in [-0.2, 0) is 0 Å². The fraction of sp³-hybridized carbons (Fsp3) is 0.810. The Balaban J connectivity index is 1.73. The van der Waals surface area contributed by atoms with Gasteiger partial charge in [0.25, 0.3) is 0 Å². The lowest BCUT2D eigenvalue weighted by Gasteiger charge is -2.54. The molecule has 0 aromatic rings. The highest BCUT2D eigenvalue weighted by Crippen LogP contribution is 2.65. The third-order valence-electron chi connectivity index (χ3n) is 8.17. The molecule has 0 aliphatic heterocycles. The highest BCUT2D eigenvalue weighted by molar-refractivity contribution is 5.38. The summed E-state index contributed by atoms with van der Waals surface area (Å²) < 4.78 is 0. The van der Waals surface area contributed by atoms with Gasteiger partial charge in [0, 0.05) is 0 Å². The summed E-state index contributed by atoms with van der Waals surface area (Å²) in [6.07, 6.45) is 18.1. The molecule has 0 bridgehead atoms. The highest BCUT2D eigenvalue weighted by Gasteiger charge is 2.55. The van der Waals surface area contributed by atoms with Crippen molar-refractivity contribution < 1.29 is 0 Å². The number of hydrogen-bond acceptors (Lipinski definition) is 0. The second kappa shape index (κ2) is 4.74. The van der Waals surface area contributed by atoms with Crippen molar-refractivity contribution in [2.24, 2.45) is 28.6 Å². The second-order valence-electron chi connectivity index (χ2n) is 8.82. The number of allylic oxidation sites excluding steroid dienone is 4. The van der Waals surface area contributed by atoms with E-state index in [1.165, 1.54) is 57.8 Å². The predicted molar refractivity (Wildman–Crippen MR) is 90.1 cm³/mol. The van der Waals surface area contributed by atoms with E-state index in [2.05, 4.69) is 32.9 Å². The normalized spacial score (nSPS) is 48.8. The van der Waals surface area contributed by atoms with Crippen LogP contribution in [0.1, 0.15) is 78.6 Å². The summed E-state index contributed by atoms with van der Waals surface area (Å²) in [5.74, 6) is 2.76. The summed E-state index contributed by atoms with van der Waals surface area (Å²) in [4.78, 5) is 0. The third kappa shape index (κ3) is 1.80. The molecule has 0 unspecified atom stereocenters. The molecule has 4 aliphatic carbocycles. The van der Waals surface area contributed by atoms with E-state index in [4.69, 9.17) is 0 Å². The third-order valence-corrected chi connectivity index (χ3v) is 8.17. The number of rotatable bonds is 1. The maximum atomic E-state index is 2.62. The van der Waals surface area contributed by atoms with Crippen molar-refractivity contribution in [1.82, 2.24) is 0 Å². The van der Waals surface area contributed by atoms with Crippen molar-refractivity contribution in [1.29, 1.82) is 0 Å². The molecular weight excluding hydrogens is 252 g/mol. The van der Waals surface area contributed by atoms with Crippen LogP contribution in [0.4, 0.5) is 0 Å². The Morgan fingerprint density at radius 1 is 1.00 bits per heavy atom. The minimum atomic E-state index is 0.522. The van der Waals surface area contributed by atoms with Crippen molar-refractivity contribution in [3.05, 3.63) is 23.3 Å². The maximum absolute atomic E-state index is 2.62. The van der Waals surface area contributed by atoms with E-state index in [9.17, 15) is 0 Å². The number of hydrogen-bond donors (Lipinski definition) is 0. The molecule has 0 aromatic heterocycles. The first kappa shape index (κ1) is 14.1. The van der Waals surface area contributed by atoms with Crippen molar-refractivity contribution in [2.45, 2.75) is 78.6 Å². The highest BCUT2D eigenvalue weighted by atomic mass is 14.6. The lowest BCUT2D eigenvalue weighted by Crippen LogP contribution is -2.44. The average Bonchev–Trinajstić information content (AvgIpc) is 2.83. The summed E-state index contributed by atoms with van der Waals surface area (Å²) >= 11 is 0. The van der Waals surface area contributed by atoms with Crippen molar-refractivity contribution in [3.8, 4) is 0 Å². The van der Waals surface area contributed by atoms with Gasteiger partial charge in [-0.15, -0.1) is 0 Å². The van der Waals surface area contributed by atoms with E-state index in [1.54, 1.807) is 5.57 Å². The molecule has 0 spiro atoms. The molecule has 0 radical (unpaired) electrons. The molecule has 4 aliphatic rings. The zero-order valence-corrected chi connectivity index (χ0v) is 14.3. The van der Waals surface area contributed by atoms with Crippen LogP contribution in [-0.4, -0.2) is 0 Å². The zero-order chi connectivity index (χ0) is 14.7. The van der Waals surface area contributed by atoms with E-state index in [1.807, 2.05) is 5.57 Å². The number of fused-ring (bicyclic) bond motifs is 5. The summed E-state index contributed by atoms with van der Waals surface area (Å²) in [5.41, 5.74) is 4.80. The Morgan fingerprint density at radius 3 is 2.67 bits per heavy atom. The van der Waals surface area contributed by atoms with Crippen LogP contribution in [0.5, 0.6) is 0 Å². The Hall–Kier alpha value is -0.520. The van der Waals surface area contributed by atoms with E-state index >= 15 is 0 Å². The van der Waals surface area contributed by atoms with Crippen molar-refractivity contribution in [2.75, 3.05) is 0 Å². The molecule has 0 N–H and O–H groups in total. The molecular formula is C21H32. The van der Waals surface area contributed by atoms with Crippen LogP contribution in [0.3, 0.4) is 0 Å². The minimum Gasteiger partial charge on any atom is -0.0651 e. The van der Waals surface area contributed by atoms with Gasteiger partial charge in [0.05, 0.1) is 0 Å². The van der Waals surface area contributed by atoms with Crippen LogP contribution < -0.4 is 0 Å². The van der Waals surface area contributed by atoms with Gasteiger partial charge in [-0.25, -0.2) is 0 Å². The fourth-order valence-corrected chi connectivity index (χ4v) is 6.81. The van der Waals surface area contributed by atoms with Crippen molar-refractivity contribution >= 4 is 0 Å². The SMILES string of the molecule is CC[C@H]1CC[C@H]2C3=CC=C4CCCC[C@@]4(C)[C@H]3CC[C@]12C. The molecule has 3 saturated carbocycles. The molecule has 116 valence electrons. The monoisotopic (exact) mass is 284 g/mol. The molecule has 0 heterocycles.